The molecule has 0 bridgehead atoms. The summed E-state index contributed by atoms with van der Waals surface area (Å²) in [7, 11) is 0. The van der Waals surface area contributed by atoms with Gasteiger partial charge in [-0.3, -0.25) is 9.59 Å². The molecule has 2 heterocycles. The van der Waals surface area contributed by atoms with Crippen LogP contribution >= 0.6 is 0 Å². The molecule has 0 spiro atoms. The van der Waals surface area contributed by atoms with Crippen LogP contribution in [0.3, 0.4) is 0 Å². The number of hydrogen-bond donors (Lipinski definition) is 2. The fraction of sp³-hybridized carbons (Fsp3) is 0.0833. The van der Waals surface area contributed by atoms with E-state index in [-0.39, 0.29) is 18.5 Å². The Morgan fingerprint density at radius 2 is 1.61 bits per heavy atom. The molecule has 154 valence electrons. The molecule has 1 aromatic heterocycles. The van der Waals surface area contributed by atoms with E-state index in [4.69, 9.17) is 13.9 Å². The van der Waals surface area contributed by atoms with E-state index in [1.54, 1.807) is 48.5 Å². The number of rotatable bonds is 4. The summed E-state index contributed by atoms with van der Waals surface area (Å²) in [4.78, 5) is 25.9. The monoisotopic (exact) mass is 414 g/mol. The van der Waals surface area contributed by atoms with Crippen LogP contribution in [0.25, 0.3) is 11.0 Å². The Labute approximate surface area is 177 Å². The van der Waals surface area contributed by atoms with Gasteiger partial charge in [0.1, 0.15) is 11.3 Å². The van der Waals surface area contributed by atoms with Gasteiger partial charge in [0.25, 0.3) is 11.8 Å². The maximum Gasteiger partial charge on any atom is 0.293 e. The number of anilines is 2. The molecule has 0 fully saturated rings. The Morgan fingerprint density at radius 3 is 2.45 bits per heavy atom. The third kappa shape index (κ3) is 3.57. The first kappa shape index (κ1) is 18.7. The van der Waals surface area contributed by atoms with E-state index in [0.29, 0.717) is 39.4 Å². The summed E-state index contributed by atoms with van der Waals surface area (Å²) in [6.07, 6.45) is 0. The minimum absolute atomic E-state index is 0.0133. The highest BCUT2D eigenvalue weighted by atomic mass is 16.7. The lowest BCUT2D eigenvalue weighted by molar-refractivity contribution is 0.0999. The van der Waals surface area contributed by atoms with Crippen LogP contribution in [0.2, 0.25) is 0 Å². The number of fused-ring (bicyclic) bond motifs is 2. The van der Waals surface area contributed by atoms with Crippen LogP contribution in [0, 0.1) is 6.92 Å². The Morgan fingerprint density at radius 1 is 0.839 bits per heavy atom. The second-order valence-electron chi connectivity index (χ2n) is 7.14. The van der Waals surface area contributed by atoms with Crippen molar-refractivity contribution in [3.8, 4) is 11.5 Å². The molecule has 1 aliphatic heterocycles. The predicted octanol–water partition coefficient (Wildman–Crippen LogP) is 4.97. The minimum atomic E-state index is -0.491. The van der Waals surface area contributed by atoms with Crippen molar-refractivity contribution in [2.75, 3.05) is 17.4 Å². The minimum Gasteiger partial charge on any atom is -0.454 e. The van der Waals surface area contributed by atoms with E-state index in [1.807, 2.05) is 25.1 Å². The van der Waals surface area contributed by atoms with E-state index >= 15 is 0 Å². The van der Waals surface area contributed by atoms with Gasteiger partial charge in [-0.1, -0.05) is 29.8 Å². The maximum absolute atomic E-state index is 13.0. The fourth-order valence-corrected chi connectivity index (χ4v) is 3.38. The molecule has 3 aromatic carbocycles. The zero-order valence-corrected chi connectivity index (χ0v) is 16.6. The highest BCUT2D eigenvalue weighted by Gasteiger charge is 2.23. The number of para-hydroxylation sites is 1. The molecular weight excluding hydrogens is 396 g/mol. The van der Waals surface area contributed by atoms with Crippen LogP contribution in [0.4, 0.5) is 11.4 Å². The quantitative estimate of drug-likeness (QED) is 0.492. The van der Waals surface area contributed by atoms with Crippen molar-refractivity contribution in [1.82, 2.24) is 0 Å². The number of carbonyl (C=O) groups excluding carboxylic acids is 2. The van der Waals surface area contributed by atoms with Gasteiger partial charge in [-0.25, -0.2) is 0 Å². The summed E-state index contributed by atoms with van der Waals surface area (Å²) in [5, 5.41) is 6.27. The Balaban J connectivity index is 1.47. The Hall–Kier alpha value is -4.26. The molecule has 7 heteroatoms. The van der Waals surface area contributed by atoms with Crippen LogP contribution in [0.15, 0.2) is 71.1 Å². The third-order valence-electron chi connectivity index (χ3n) is 4.98. The molecule has 0 radical (unpaired) electrons. The number of benzene rings is 3. The second kappa shape index (κ2) is 7.53. The van der Waals surface area contributed by atoms with Gasteiger partial charge in [0.2, 0.25) is 12.6 Å². The molecule has 5 rings (SSSR count). The number of amides is 2. The molecule has 0 unspecified atom stereocenters. The first-order valence-electron chi connectivity index (χ1n) is 9.69. The van der Waals surface area contributed by atoms with Gasteiger partial charge in [-0.05, 0) is 43.3 Å². The molecule has 0 aliphatic carbocycles. The number of ether oxygens (including phenoxy) is 2. The van der Waals surface area contributed by atoms with Crippen molar-refractivity contribution < 1.29 is 23.5 Å². The lowest BCUT2D eigenvalue weighted by Gasteiger charge is -2.08. The van der Waals surface area contributed by atoms with Crippen molar-refractivity contribution >= 4 is 34.2 Å². The number of nitrogens with one attached hydrogen (secondary N) is 2. The molecule has 2 N–H and O–H groups in total. The number of furan rings is 1. The van der Waals surface area contributed by atoms with E-state index in [9.17, 15) is 9.59 Å². The molecule has 0 saturated heterocycles. The largest absolute Gasteiger partial charge is 0.454 e. The van der Waals surface area contributed by atoms with Gasteiger partial charge in [0.05, 0.1) is 0 Å². The molecule has 31 heavy (non-hydrogen) atoms. The lowest BCUT2D eigenvalue weighted by Crippen LogP contribution is -2.17. The Bertz CT molecular complexity index is 1310. The van der Waals surface area contributed by atoms with Crippen LogP contribution in [0.1, 0.15) is 26.5 Å². The van der Waals surface area contributed by atoms with Crippen molar-refractivity contribution in [2.45, 2.75) is 6.92 Å². The van der Waals surface area contributed by atoms with E-state index in [0.717, 1.165) is 5.56 Å². The van der Waals surface area contributed by atoms with Gasteiger partial charge in [-0.15, -0.1) is 0 Å². The third-order valence-corrected chi connectivity index (χ3v) is 4.98. The average molecular weight is 414 g/mol. The highest BCUT2D eigenvalue weighted by molar-refractivity contribution is 6.16. The van der Waals surface area contributed by atoms with Gasteiger partial charge in [0.15, 0.2) is 11.5 Å². The first-order chi connectivity index (χ1) is 15.1. The summed E-state index contributed by atoms with van der Waals surface area (Å²) >= 11 is 0. The van der Waals surface area contributed by atoms with E-state index in [1.165, 1.54) is 0 Å². The van der Waals surface area contributed by atoms with Crippen LogP contribution < -0.4 is 20.1 Å². The summed E-state index contributed by atoms with van der Waals surface area (Å²) in [6, 6.07) is 19.4. The van der Waals surface area contributed by atoms with Gasteiger partial charge >= 0.3 is 0 Å². The fourth-order valence-electron chi connectivity index (χ4n) is 3.38. The Kier molecular flexibility index (Phi) is 4.55. The number of hydrogen-bond acceptors (Lipinski definition) is 5. The predicted molar refractivity (Wildman–Crippen MR) is 116 cm³/mol. The summed E-state index contributed by atoms with van der Waals surface area (Å²) in [6.45, 7) is 2.09. The lowest BCUT2D eigenvalue weighted by atomic mass is 10.1. The number of carbonyl (C=O) groups is 2. The standard InChI is InChI=1S/C24H18N2O5/c1-14-6-8-15(9-7-14)23(27)26-21-17-4-2-3-5-18(17)31-22(21)24(28)25-16-10-11-19-20(12-16)30-13-29-19/h2-12H,13H2,1H3,(H,25,28)(H,26,27). The molecule has 7 nitrogen and oxygen atoms in total. The van der Waals surface area contributed by atoms with Gasteiger partial charge in [-0.2, -0.15) is 0 Å². The summed E-state index contributed by atoms with van der Waals surface area (Å²) in [5.41, 5.74) is 2.87. The van der Waals surface area contributed by atoms with Crippen molar-refractivity contribution in [3.05, 3.63) is 83.6 Å². The highest BCUT2D eigenvalue weighted by Crippen LogP contribution is 2.35. The van der Waals surface area contributed by atoms with Gasteiger partial charge < -0.3 is 24.5 Å². The molecule has 0 saturated carbocycles. The molecular formula is C24H18N2O5. The van der Waals surface area contributed by atoms with Crippen molar-refractivity contribution in [2.24, 2.45) is 0 Å². The molecule has 4 aromatic rings. The van der Waals surface area contributed by atoms with Crippen LogP contribution in [-0.4, -0.2) is 18.6 Å². The topological polar surface area (TPSA) is 89.8 Å². The molecule has 1 aliphatic rings. The second-order valence-corrected chi connectivity index (χ2v) is 7.14. The van der Waals surface area contributed by atoms with Crippen molar-refractivity contribution in [1.29, 1.82) is 0 Å². The maximum atomic E-state index is 13.0. The average Bonchev–Trinajstić information content (AvgIpc) is 3.39. The van der Waals surface area contributed by atoms with Crippen LogP contribution in [-0.2, 0) is 0 Å². The van der Waals surface area contributed by atoms with Crippen LogP contribution in [0.5, 0.6) is 11.5 Å². The summed E-state index contributed by atoms with van der Waals surface area (Å²) in [5.74, 6) is 0.361. The van der Waals surface area contributed by atoms with Gasteiger partial charge in [0, 0.05) is 22.7 Å². The summed E-state index contributed by atoms with van der Waals surface area (Å²) < 4.78 is 16.4. The zero-order chi connectivity index (χ0) is 21.4. The molecule has 0 atom stereocenters. The zero-order valence-electron chi connectivity index (χ0n) is 16.6. The normalized spacial score (nSPS) is 12.0. The smallest absolute Gasteiger partial charge is 0.293 e. The van der Waals surface area contributed by atoms with E-state index < -0.39 is 5.91 Å². The molecule has 2 amide bonds. The first-order valence-corrected chi connectivity index (χ1v) is 9.69. The van der Waals surface area contributed by atoms with E-state index in [2.05, 4.69) is 10.6 Å². The SMILES string of the molecule is Cc1ccc(C(=O)Nc2c(C(=O)Nc3ccc4c(c3)OCO4)oc3ccccc23)cc1. The number of aryl methyl sites for hydroxylation is 1. The van der Waals surface area contributed by atoms with Crippen molar-refractivity contribution in [3.63, 3.8) is 0 Å².